The molecule has 0 unspecified atom stereocenters. The fourth-order valence-corrected chi connectivity index (χ4v) is 1.85. The van der Waals surface area contributed by atoms with Gasteiger partial charge in [0.1, 0.15) is 0 Å². The molecule has 4 nitrogen and oxygen atoms in total. The largest absolute Gasteiger partial charge is 0.488 e. The predicted molar refractivity (Wildman–Crippen MR) is 71.4 cm³/mol. The van der Waals surface area contributed by atoms with Crippen molar-refractivity contribution in [1.29, 1.82) is 0 Å². The van der Waals surface area contributed by atoms with E-state index in [1.54, 1.807) is 6.20 Å². The number of hydrogen-bond donors (Lipinski definition) is 1. The molecule has 96 valence electrons. The summed E-state index contributed by atoms with van der Waals surface area (Å²) in [7, 11) is 0. The molecule has 2 N–H and O–H groups in total. The van der Waals surface area contributed by atoms with E-state index < -0.39 is 0 Å². The molecular weight excluding hydrogens is 226 g/mol. The van der Waals surface area contributed by atoms with Crippen LogP contribution in [0.1, 0.15) is 25.0 Å². The lowest BCUT2D eigenvalue weighted by Crippen LogP contribution is -2.07. The number of rotatable bonds is 5. The van der Waals surface area contributed by atoms with Gasteiger partial charge in [-0.1, -0.05) is 24.3 Å². The number of ether oxygens (including phenoxy) is 1. The summed E-state index contributed by atoms with van der Waals surface area (Å²) >= 11 is 0. The van der Waals surface area contributed by atoms with E-state index in [0.29, 0.717) is 6.54 Å². The maximum Gasteiger partial charge on any atom is 0.157 e. The van der Waals surface area contributed by atoms with Gasteiger partial charge in [-0.2, -0.15) is 5.10 Å². The van der Waals surface area contributed by atoms with E-state index in [9.17, 15) is 0 Å². The van der Waals surface area contributed by atoms with Crippen LogP contribution in [-0.2, 0) is 13.1 Å². The normalized spacial score (nSPS) is 10.9. The van der Waals surface area contributed by atoms with Crippen LogP contribution in [0, 0.1) is 0 Å². The third kappa shape index (κ3) is 3.11. The minimum absolute atomic E-state index is 0.166. The van der Waals surface area contributed by atoms with E-state index in [0.717, 1.165) is 17.9 Å². The molecule has 4 heteroatoms. The van der Waals surface area contributed by atoms with Gasteiger partial charge in [-0.05, 0) is 25.0 Å². The van der Waals surface area contributed by atoms with E-state index in [-0.39, 0.29) is 6.10 Å². The molecular formula is C14H19N3O. The quantitative estimate of drug-likeness (QED) is 0.878. The van der Waals surface area contributed by atoms with Gasteiger partial charge in [-0.25, -0.2) is 0 Å². The van der Waals surface area contributed by atoms with Crippen LogP contribution < -0.4 is 10.5 Å². The minimum atomic E-state index is 0.166. The Morgan fingerprint density at radius 3 is 2.67 bits per heavy atom. The number of hydrogen-bond acceptors (Lipinski definition) is 3. The lowest BCUT2D eigenvalue weighted by Gasteiger charge is -2.08. The van der Waals surface area contributed by atoms with E-state index in [1.807, 2.05) is 42.9 Å². The highest BCUT2D eigenvalue weighted by Crippen LogP contribution is 2.14. The van der Waals surface area contributed by atoms with Crippen molar-refractivity contribution in [2.75, 3.05) is 0 Å². The molecule has 18 heavy (non-hydrogen) atoms. The minimum Gasteiger partial charge on any atom is -0.488 e. The molecule has 2 aromatic rings. The van der Waals surface area contributed by atoms with Crippen molar-refractivity contribution < 1.29 is 4.74 Å². The summed E-state index contributed by atoms with van der Waals surface area (Å²) in [6, 6.07) is 8.14. The standard InChI is InChI=1S/C14H19N3O/c1-11(2)18-14-8-16-17(10-14)9-13-6-4-3-5-12(13)7-15/h3-6,8,10-11H,7,9,15H2,1-2H3. The third-order valence-corrected chi connectivity index (χ3v) is 2.65. The maximum absolute atomic E-state index is 5.72. The van der Waals surface area contributed by atoms with Crippen molar-refractivity contribution in [3.63, 3.8) is 0 Å². The summed E-state index contributed by atoms with van der Waals surface area (Å²) in [5.41, 5.74) is 8.07. The second-order valence-corrected chi connectivity index (χ2v) is 4.51. The summed E-state index contributed by atoms with van der Waals surface area (Å²) in [4.78, 5) is 0. The van der Waals surface area contributed by atoms with Crippen LogP contribution in [0.25, 0.3) is 0 Å². The Labute approximate surface area is 107 Å². The summed E-state index contributed by atoms with van der Waals surface area (Å²) < 4.78 is 7.45. The molecule has 0 radical (unpaired) electrons. The van der Waals surface area contributed by atoms with E-state index >= 15 is 0 Å². The van der Waals surface area contributed by atoms with Crippen molar-refractivity contribution in [2.45, 2.75) is 33.0 Å². The highest BCUT2D eigenvalue weighted by molar-refractivity contribution is 5.27. The summed E-state index contributed by atoms with van der Waals surface area (Å²) in [6.07, 6.45) is 3.82. The van der Waals surface area contributed by atoms with Crippen LogP contribution in [0.4, 0.5) is 0 Å². The molecule has 0 atom stereocenters. The lowest BCUT2D eigenvalue weighted by molar-refractivity contribution is 0.242. The Hall–Kier alpha value is -1.81. The second kappa shape index (κ2) is 5.69. The van der Waals surface area contributed by atoms with Gasteiger partial charge in [0, 0.05) is 6.54 Å². The molecule has 0 amide bonds. The van der Waals surface area contributed by atoms with Crippen LogP contribution in [0.3, 0.4) is 0 Å². The molecule has 2 rings (SSSR count). The van der Waals surface area contributed by atoms with E-state index in [1.165, 1.54) is 5.56 Å². The molecule has 0 saturated carbocycles. The van der Waals surface area contributed by atoms with Gasteiger partial charge in [0.05, 0.1) is 25.0 Å². The van der Waals surface area contributed by atoms with Gasteiger partial charge in [-0.15, -0.1) is 0 Å². The van der Waals surface area contributed by atoms with Gasteiger partial charge < -0.3 is 10.5 Å². The van der Waals surface area contributed by atoms with Crippen LogP contribution in [0.5, 0.6) is 5.75 Å². The number of aromatic nitrogens is 2. The zero-order valence-electron chi connectivity index (χ0n) is 10.8. The first-order valence-corrected chi connectivity index (χ1v) is 6.15. The maximum atomic E-state index is 5.72. The number of benzene rings is 1. The zero-order chi connectivity index (χ0) is 13.0. The first-order chi connectivity index (χ1) is 8.69. The zero-order valence-corrected chi connectivity index (χ0v) is 10.8. The highest BCUT2D eigenvalue weighted by atomic mass is 16.5. The fraction of sp³-hybridized carbons (Fsp3) is 0.357. The molecule has 0 spiro atoms. The molecule has 0 aliphatic carbocycles. The Bertz CT molecular complexity index is 505. The molecule has 1 aromatic carbocycles. The van der Waals surface area contributed by atoms with Crippen LogP contribution >= 0.6 is 0 Å². The van der Waals surface area contributed by atoms with Crippen molar-refractivity contribution >= 4 is 0 Å². The predicted octanol–water partition coefficient (Wildman–Crippen LogP) is 2.18. The van der Waals surface area contributed by atoms with Crippen molar-refractivity contribution in [1.82, 2.24) is 9.78 Å². The van der Waals surface area contributed by atoms with Crippen LogP contribution in [-0.4, -0.2) is 15.9 Å². The summed E-state index contributed by atoms with van der Waals surface area (Å²) in [5.74, 6) is 0.801. The monoisotopic (exact) mass is 245 g/mol. The highest BCUT2D eigenvalue weighted by Gasteiger charge is 2.04. The van der Waals surface area contributed by atoms with Crippen molar-refractivity contribution in [2.24, 2.45) is 5.73 Å². The lowest BCUT2D eigenvalue weighted by atomic mass is 10.1. The molecule has 0 aliphatic rings. The van der Waals surface area contributed by atoms with Crippen LogP contribution in [0.2, 0.25) is 0 Å². The van der Waals surface area contributed by atoms with Crippen LogP contribution in [0.15, 0.2) is 36.7 Å². The first-order valence-electron chi connectivity index (χ1n) is 6.15. The molecule has 0 fully saturated rings. The topological polar surface area (TPSA) is 53.1 Å². The first kappa shape index (κ1) is 12.6. The van der Waals surface area contributed by atoms with E-state index in [2.05, 4.69) is 11.2 Å². The van der Waals surface area contributed by atoms with Crippen molar-refractivity contribution in [3.8, 4) is 5.75 Å². The SMILES string of the molecule is CC(C)Oc1cnn(Cc2ccccc2CN)c1. The van der Waals surface area contributed by atoms with Gasteiger partial charge in [0.2, 0.25) is 0 Å². The van der Waals surface area contributed by atoms with Gasteiger partial charge in [0.15, 0.2) is 5.75 Å². The fourth-order valence-electron chi connectivity index (χ4n) is 1.85. The van der Waals surface area contributed by atoms with Gasteiger partial charge >= 0.3 is 0 Å². The summed E-state index contributed by atoms with van der Waals surface area (Å²) in [5, 5.41) is 4.29. The summed E-state index contributed by atoms with van der Waals surface area (Å²) in [6.45, 7) is 5.27. The second-order valence-electron chi connectivity index (χ2n) is 4.51. The van der Waals surface area contributed by atoms with Crippen molar-refractivity contribution in [3.05, 3.63) is 47.8 Å². The molecule has 1 heterocycles. The van der Waals surface area contributed by atoms with Gasteiger partial charge in [0.25, 0.3) is 0 Å². The smallest absolute Gasteiger partial charge is 0.157 e. The average Bonchev–Trinajstić information content (AvgIpc) is 2.76. The number of nitrogens with two attached hydrogens (primary N) is 1. The Morgan fingerprint density at radius 2 is 2.00 bits per heavy atom. The number of nitrogens with zero attached hydrogens (tertiary/aromatic N) is 2. The molecule has 0 saturated heterocycles. The van der Waals surface area contributed by atoms with Gasteiger partial charge in [-0.3, -0.25) is 4.68 Å². The average molecular weight is 245 g/mol. The van der Waals surface area contributed by atoms with E-state index in [4.69, 9.17) is 10.5 Å². The Morgan fingerprint density at radius 1 is 1.28 bits per heavy atom. The molecule has 0 bridgehead atoms. The third-order valence-electron chi connectivity index (χ3n) is 2.65. The Kier molecular flexibility index (Phi) is 3.99. The molecule has 0 aliphatic heterocycles. The molecule has 1 aromatic heterocycles. The Balaban J connectivity index is 2.11.